The molecule has 1 N–H and O–H groups in total. The second kappa shape index (κ2) is 8.85. The molecule has 0 radical (unpaired) electrons. The van der Waals surface area contributed by atoms with Crippen LogP contribution in [0.5, 0.6) is 0 Å². The molecule has 10 heteroatoms. The summed E-state index contributed by atoms with van der Waals surface area (Å²) in [5.74, 6) is -0.559. The van der Waals surface area contributed by atoms with Crippen LogP contribution >= 0.6 is 11.6 Å². The lowest BCUT2D eigenvalue weighted by atomic mass is 10.1. The Morgan fingerprint density at radius 3 is 2.53 bits per heavy atom. The topological polar surface area (TPSA) is 63.1 Å². The molecule has 0 unspecified atom stereocenters. The van der Waals surface area contributed by atoms with E-state index in [0.717, 1.165) is 23.4 Å². The fraction of sp³-hybridized carbons (Fsp3) is 0.250. The number of likely N-dealkylation sites (N-methyl/N-ethyl adjacent to an activating group) is 1. The van der Waals surface area contributed by atoms with Crippen LogP contribution in [0.15, 0.2) is 55.1 Å². The van der Waals surface area contributed by atoms with Gasteiger partial charge in [-0.15, -0.1) is 0 Å². The number of hydrogen-bond acceptors (Lipinski definition) is 4. The van der Waals surface area contributed by atoms with Crippen molar-refractivity contribution < 1.29 is 18.0 Å². The van der Waals surface area contributed by atoms with Crippen LogP contribution in [0, 0.1) is 0 Å². The summed E-state index contributed by atoms with van der Waals surface area (Å²) in [6, 6.07) is 10.6. The number of nitrogens with zero attached hydrogens (tertiary/aromatic N) is 4. The fourth-order valence-electron chi connectivity index (χ4n) is 2.91. The van der Waals surface area contributed by atoms with Crippen LogP contribution in [0.2, 0.25) is 5.02 Å². The summed E-state index contributed by atoms with van der Waals surface area (Å²) in [6.07, 6.45) is -1.60. The van der Waals surface area contributed by atoms with Crippen molar-refractivity contribution in [1.29, 1.82) is 0 Å². The van der Waals surface area contributed by atoms with Gasteiger partial charge in [-0.1, -0.05) is 23.7 Å². The molecular formula is C20H19ClF3N5O. The number of halogens is 4. The molecule has 2 aromatic carbocycles. The number of carbonyl (C=O) groups is 1. The first-order chi connectivity index (χ1) is 14.1. The molecule has 1 atom stereocenters. The summed E-state index contributed by atoms with van der Waals surface area (Å²) in [5, 5.41) is 6.34. The zero-order valence-electron chi connectivity index (χ0n) is 16.2. The molecule has 3 aromatic rings. The van der Waals surface area contributed by atoms with Crippen molar-refractivity contribution in [3.8, 4) is 5.69 Å². The SMILES string of the molecule is C[C@H](c1ccc(-n2cncn2)cc1)N(C)CC(=O)Nc1ccc(Cl)cc1C(F)(F)F. The van der Waals surface area contributed by atoms with E-state index in [0.29, 0.717) is 0 Å². The summed E-state index contributed by atoms with van der Waals surface area (Å²) in [5.41, 5.74) is 0.473. The quantitative estimate of drug-likeness (QED) is 0.613. The summed E-state index contributed by atoms with van der Waals surface area (Å²) in [6.45, 7) is 1.81. The first-order valence-corrected chi connectivity index (χ1v) is 9.35. The summed E-state index contributed by atoms with van der Waals surface area (Å²) in [4.78, 5) is 18.0. The van der Waals surface area contributed by atoms with Gasteiger partial charge in [0, 0.05) is 11.1 Å². The highest BCUT2D eigenvalue weighted by Crippen LogP contribution is 2.36. The van der Waals surface area contributed by atoms with Crippen LogP contribution < -0.4 is 5.32 Å². The summed E-state index contributed by atoms with van der Waals surface area (Å²) in [7, 11) is 1.72. The molecule has 3 rings (SSSR count). The minimum absolute atomic E-state index is 0.0552. The number of benzene rings is 2. The molecule has 0 aliphatic carbocycles. The lowest BCUT2D eigenvalue weighted by Crippen LogP contribution is -2.32. The van der Waals surface area contributed by atoms with Gasteiger partial charge < -0.3 is 5.32 Å². The second-order valence-electron chi connectivity index (χ2n) is 6.76. The number of hydrogen-bond donors (Lipinski definition) is 1. The molecule has 1 amide bonds. The Morgan fingerprint density at radius 2 is 1.93 bits per heavy atom. The normalized spacial score (nSPS) is 12.8. The van der Waals surface area contributed by atoms with Gasteiger partial charge in [-0.05, 0) is 49.9 Å². The molecule has 30 heavy (non-hydrogen) atoms. The smallest absolute Gasteiger partial charge is 0.324 e. The highest BCUT2D eigenvalue weighted by atomic mass is 35.5. The van der Waals surface area contributed by atoms with E-state index in [1.54, 1.807) is 23.0 Å². The number of alkyl halides is 3. The Hall–Kier alpha value is -2.91. The zero-order valence-corrected chi connectivity index (χ0v) is 16.9. The molecule has 0 bridgehead atoms. The predicted octanol–water partition coefficient (Wildman–Crippen LogP) is 4.57. The maximum Gasteiger partial charge on any atom is 0.418 e. The molecule has 0 saturated carbocycles. The average Bonchev–Trinajstić information content (AvgIpc) is 3.23. The van der Waals surface area contributed by atoms with Crippen LogP contribution in [0.4, 0.5) is 18.9 Å². The highest BCUT2D eigenvalue weighted by Gasteiger charge is 2.34. The van der Waals surface area contributed by atoms with E-state index < -0.39 is 17.6 Å². The second-order valence-corrected chi connectivity index (χ2v) is 7.19. The van der Waals surface area contributed by atoms with Gasteiger partial charge in [0.1, 0.15) is 12.7 Å². The van der Waals surface area contributed by atoms with E-state index in [4.69, 9.17) is 11.6 Å². The molecule has 0 spiro atoms. The summed E-state index contributed by atoms with van der Waals surface area (Å²) < 4.78 is 41.2. The Balaban J connectivity index is 1.66. The van der Waals surface area contributed by atoms with Gasteiger partial charge in [0.05, 0.1) is 23.5 Å². The van der Waals surface area contributed by atoms with Crippen LogP contribution in [0.1, 0.15) is 24.1 Å². The number of amides is 1. The monoisotopic (exact) mass is 437 g/mol. The van der Waals surface area contributed by atoms with Gasteiger partial charge >= 0.3 is 6.18 Å². The van der Waals surface area contributed by atoms with Gasteiger partial charge in [0.2, 0.25) is 5.91 Å². The van der Waals surface area contributed by atoms with E-state index >= 15 is 0 Å². The maximum atomic E-state index is 13.2. The molecule has 158 valence electrons. The number of aromatic nitrogens is 3. The van der Waals surface area contributed by atoms with Gasteiger partial charge in [-0.3, -0.25) is 9.69 Å². The van der Waals surface area contributed by atoms with Crippen molar-refractivity contribution in [1.82, 2.24) is 19.7 Å². The molecule has 1 heterocycles. The van der Waals surface area contributed by atoms with E-state index in [-0.39, 0.29) is 23.3 Å². The first kappa shape index (κ1) is 21.8. The van der Waals surface area contributed by atoms with Crippen molar-refractivity contribution >= 4 is 23.2 Å². The van der Waals surface area contributed by atoms with E-state index in [2.05, 4.69) is 15.4 Å². The lowest BCUT2D eigenvalue weighted by molar-refractivity contribution is -0.137. The number of anilines is 1. The van der Waals surface area contributed by atoms with Gasteiger partial charge in [-0.25, -0.2) is 9.67 Å². The van der Waals surface area contributed by atoms with E-state index in [1.165, 1.54) is 12.4 Å². The molecule has 6 nitrogen and oxygen atoms in total. The zero-order chi connectivity index (χ0) is 21.9. The molecule has 1 aromatic heterocycles. The van der Waals surface area contributed by atoms with Crippen LogP contribution in [-0.4, -0.2) is 39.2 Å². The van der Waals surface area contributed by atoms with E-state index in [9.17, 15) is 18.0 Å². The van der Waals surface area contributed by atoms with Crippen molar-refractivity contribution in [2.24, 2.45) is 0 Å². The van der Waals surface area contributed by atoms with Gasteiger partial charge in [0.25, 0.3) is 0 Å². The van der Waals surface area contributed by atoms with Crippen LogP contribution in [-0.2, 0) is 11.0 Å². The van der Waals surface area contributed by atoms with Crippen molar-refractivity contribution in [3.63, 3.8) is 0 Å². The van der Waals surface area contributed by atoms with Gasteiger partial charge in [-0.2, -0.15) is 18.3 Å². The van der Waals surface area contributed by atoms with Crippen molar-refractivity contribution in [2.45, 2.75) is 19.1 Å². The standard InChI is InChI=1S/C20H19ClF3N5O/c1-13(14-3-6-16(7-4-14)29-12-25-11-26-29)28(2)10-19(30)27-18-8-5-15(21)9-17(18)20(22,23)24/h3-9,11-13H,10H2,1-2H3,(H,27,30)/t13-/m1/s1. The Morgan fingerprint density at radius 1 is 1.23 bits per heavy atom. The third-order valence-corrected chi connectivity index (χ3v) is 4.91. The number of rotatable bonds is 6. The number of carbonyl (C=O) groups excluding carboxylic acids is 1. The van der Waals surface area contributed by atoms with E-state index in [1.807, 2.05) is 31.2 Å². The fourth-order valence-corrected chi connectivity index (χ4v) is 3.09. The Bertz CT molecular complexity index is 1010. The molecular weight excluding hydrogens is 419 g/mol. The Labute approximate surface area is 176 Å². The summed E-state index contributed by atoms with van der Waals surface area (Å²) >= 11 is 5.67. The van der Waals surface area contributed by atoms with Gasteiger partial charge in [0.15, 0.2) is 0 Å². The van der Waals surface area contributed by atoms with Crippen LogP contribution in [0.25, 0.3) is 5.69 Å². The minimum Gasteiger partial charge on any atom is -0.324 e. The van der Waals surface area contributed by atoms with Crippen molar-refractivity contribution in [3.05, 3.63) is 71.3 Å². The third-order valence-electron chi connectivity index (χ3n) is 4.67. The molecule has 0 aliphatic heterocycles. The van der Waals surface area contributed by atoms with Crippen molar-refractivity contribution in [2.75, 3.05) is 18.9 Å². The minimum atomic E-state index is -4.63. The predicted molar refractivity (Wildman–Crippen MR) is 107 cm³/mol. The lowest BCUT2D eigenvalue weighted by Gasteiger charge is -2.25. The number of nitrogens with one attached hydrogen (secondary N) is 1. The largest absolute Gasteiger partial charge is 0.418 e. The Kier molecular flexibility index (Phi) is 6.42. The molecule has 0 fully saturated rings. The third kappa shape index (κ3) is 5.17. The molecule has 0 aliphatic rings. The molecule has 0 saturated heterocycles. The first-order valence-electron chi connectivity index (χ1n) is 8.97. The highest BCUT2D eigenvalue weighted by molar-refractivity contribution is 6.30. The maximum absolute atomic E-state index is 13.2. The average molecular weight is 438 g/mol. The van der Waals surface area contributed by atoms with Crippen LogP contribution in [0.3, 0.4) is 0 Å².